The van der Waals surface area contributed by atoms with Crippen LogP contribution < -0.4 is 0 Å². The maximum Gasteiger partial charge on any atom is -0.0324 e. The van der Waals surface area contributed by atoms with Crippen LogP contribution in [0, 0.1) is 23.2 Å². The van der Waals surface area contributed by atoms with E-state index in [2.05, 4.69) is 48.5 Å². The fraction of sp³-hybridized carbons (Fsp3) is 1.00. The molecule has 0 aliphatic carbocycles. The van der Waals surface area contributed by atoms with Crippen LogP contribution in [0.2, 0.25) is 0 Å². The first-order valence-corrected chi connectivity index (χ1v) is 5.81. The van der Waals surface area contributed by atoms with E-state index in [4.69, 9.17) is 0 Å². The van der Waals surface area contributed by atoms with Crippen LogP contribution in [0.3, 0.4) is 0 Å². The molecule has 0 nitrogen and oxygen atoms in total. The van der Waals surface area contributed by atoms with Gasteiger partial charge in [0.25, 0.3) is 0 Å². The summed E-state index contributed by atoms with van der Waals surface area (Å²) in [7, 11) is 0. The molecule has 2 unspecified atom stereocenters. The van der Waals surface area contributed by atoms with Crippen molar-refractivity contribution in [3.8, 4) is 0 Å². The zero-order chi connectivity index (χ0) is 10.6. The van der Waals surface area contributed by atoms with Gasteiger partial charge in [0.05, 0.1) is 0 Å². The Bertz CT molecular complexity index is 133. The van der Waals surface area contributed by atoms with Crippen LogP contribution in [0.1, 0.15) is 61.3 Å². The third-order valence-corrected chi connectivity index (χ3v) is 3.66. The summed E-state index contributed by atoms with van der Waals surface area (Å²) in [6.07, 6.45) is 2.65. The van der Waals surface area contributed by atoms with Crippen molar-refractivity contribution in [3.05, 3.63) is 0 Å². The minimum atomic E-state index is 0.504. The molecule has 0 fully saturated rings. The summed E-state index contributed by atoms with van der Waals surface area (Å²) in [5.74, 6) is 2.51. The highest BCUT2D eigenvalue weighted by molar-refractivity contribution is 4.79. The fourth-order valence-corrected chi connectivity index (χ4v) is 2.36. The van der Waals surface area contributed by atoms with E-state index in [9.17, 15) is 0 Å². The van der Waals surface area contributed by atoms with Gasteiger partial charge < -0.3 is 0 Å². The van der Waals surface area contributed by atoms with Crippen molar-refractivity contribution in [2.45, 2.75) is 61.3 Å². The molecule has 0 heterocycles. The third-order valence-electron chi connectivity index (χ3n) is 3.66. The Kier molecular flexibility index (Phi) is 5.02. The lowest BCUT2D eigenvalue weighted by Gasteiger charge is -2.37. The molecule has 0 heteroatoms. The van der Waals surface area contributed by atoms with Gasteiger partial charge in [-0.1, -0.05) is 54.9 Å². The van der Waals surface area contributed by atoms with Crippen molar-refractivity contribution in [2.75, 3.05) is 0 Å². The molecule has 0 N–H and O–H groups in total. The van der Waals surface area contributed by atoms with Crippen molar-refractivity contribution in [1.82, 2.24) is 0 Å². The molecule has 0 amide bonds. The van der Waals surface area contributed by atoms with Crippen LogP contribution in [0.25, 0.3) is 0 Å². The summed E-state index contributed by atoms with van der Waals surface area (Å²) in [6, 6.07) is 0. The molecule has 2 atom stereocenters. The van der Waals surface area contributed by atoms with Gasteiger partial charge >= 0.3 is 0 Å². The second-order valence-electron chi connectivity index (χ2n) is 5.76. The molecule has 13 heavy (non-hydrogen) atoms. The predicted octanol–water partition coefficient (Wildman–Crippen LogP) is 4.74. The van der Waals surface area contributed by atoms with Crippen molar-refractivity contribution in [2.24, 2.45) is 23.2 Å². The highest BCUT2D eigenvalue weighted by Gasteiger charge is 2.29. The van der Waals surface area contributed by atoms with Crippen molar-refractivity contribution < 1.29 is 0 Å². The highest BCUT2D eigenvalue weighted by Crippen LogP contribution is 2.38. The summed E-state index contributed by atoms with van der Waals surface area (Å²) in [4.78, 5) is 0. The van der Waals surface area contributed by atoms with E-state index in [1.807, 2.05) is 0 Å². The maximum absolute atomic E-state index is 2.42. The van der Waals surface area contributed by atoms with Gasteiger partial charge in [-0.3, -0.25) is 0 Å². The average Bonchev–Trinajstić information content (AvgIpc) is 1.99. The quantitative estimate of drug-likeness (QED) is 0.579. The molecular formula is C13H28. The molecule has 0 aromatic carbocycles. The van der Waals surface area contributed by atoms with E-state index in [1.54, 1.807) is 0 Å². The summed E-state index contributed by atoms with van der Waals surface area (Å²) < 4.78 is 0. The standard InChI is InChI=1S/C13H28/c1-8-11(4)12(5)13(6,7)9-10(2)3/h10-12H,8-9H2,1-7H3. The number of rotatable bonds is 5. The predicted molar refractivity (Wildman–Crippen MR) is 61.9 cm³/mol. The Balaban J connectivity index is 4.25. The second-order valence-corrected chi connectivity index (χ2v) is 5.76. The first-order valence-electron chi connectivity index (χ1n) is 5.81. The third kappa shape index (κ3) is 4.15. The first kappa shape index (κ1) is 13.0. The lowest BCUT2D eigenvalue weighted by molar-refractivity contribution is 0.131. The summed E-state index contributed by atoms with van der Waals surface area (Å²) in [5, 5.41) is 0. The van der Waals surface area contributed by atoms with Crippen molar-refractivity contribution >= 4 is 0 Å². The first-order chi connectivity index (χ1) is 5.81. The molecule has 0 aromatic heterocycles. The van der Waals surface area contributed by atoms with E-state index < -0.39 is 0 Å². The minimum absolute atomic E-state index is 0.504. The van der Waals surface area contributed by atoms with Gasteiger partial charge in [-0.2, -0.15) is 0 Å². The van der Waals surface area contributed by atoms with Gasteiger partial charge in [0, 0.05) is 0 Å². The monoisotopic (exact) mass is 184 g/mol. The average molecular weight is 184 g/mol. The molecule has 0 spiro atoms. The van der Waals surface area contributed by atoms with Crippen molar-refractivity contribution in [3.63, 3.8) is 0 Å². The molecule has 0 aliphatic heterocycles. The Hall–Kier alpha value is 0. The van der Waals surface area contributed by atoms with Gasteiger partial charge in [0.15, 0.2) is 0 Å². The van der Waals surface area contributed by atoms with Crippen LogP contribution in [0.15, 0.2) is 0 Å². The lowest BCUT2D eigenvalue weighted by atomic mass is 9.69. The topological polar surface area (TPSA) is 0 Å². The molecule has 0 saturated heterocycles. The van der Waals surface area contributed by atoms with Crippen LogP contribution in [-0.2, 0) is 0 Å². The maximum atomic E-state index is 2.42. The highest BCUT2D eigenvalue weighted by atomic mass is 14.3. The van der Waals surface area contributed by atoms with E-state index in [0.717, 1.165) is 17.8 Å². The van der Waals surface area contributed by atoms with Crippen LogP contribution >= 0.6 is 0 Å². The van der Waals surface area contributed by atoms with Crippen LogP contribution in [0.4, 0.5) is 0 Å². The SMILES string of the molecule is CCC(C)C(C)C(C)(C)CC(C)C. The zero-order valence-corrected chi connectivity index (χ0v) is 10.6. The van der Waals surface area contributed by atoms with Crippen LogP contribution in [-0.4, -0.2) is 0 Å². The van der Waals surface area contributed by atoms with Gasteiger partial charge in [-0.05, 0) is 29.6 Å². The van der Waals surface area contributed by atoms with Gasteiger partial charge in [0.2, 0.25) is 0 Å². The summed E-state index contributed by atoms with van der Waals surface area (Å²) in [5.41, 5.74) is 0.504. The summed E-state index contributed by atoms with van der Waals surface area (Å²) >= 11 is 0. The van der Waals surface area contributed by atoms with Crippen LogP contribution in [0.5, 0.6) is 0 Å². The van der Waals surface area contributed by atoms with Crippen molar-refractivity contribution in [1.29, 1.82) is 0 Å². The number of hydrogen-bond acceptors (Lipinski definition) is 0. The van der Waals surface area contributed by atoms with Gasteiger partial charge in [0.1, 0.15) is 0 Å². The molecule has 0 bridgehead atoms. The summed E-state index contributed by atoms with van der Waals surface area (Å²) in [6.45, 7) is 16.6. The fourth-order valence-electron chi connectivity index (χ4n) is 2.36. The number of hydrogen-bond donors (Lipinski definition) is 0. The molecular weight excluding hydrogens is 156 g/mol. The van der Waals surface area contributed by atoms with Gasteiger partial charge in [-0.25, -0.2) is 0 Å². The van der Waals surface area contributed by atoms with E-state index in [-0.39, 0.29) is 0 Å². The Labute approximate surface area is 85.1 Å². The Morgan fingerprint density at radius 3 is 1.77 bits per heavy atom. The largest absolute Gasteiger partial charge is 0.0651 e. The molecule has 0 aliphatic rings. The lowest BCUT2D eigenvalue weighted by Crippen LogP contribution is -2.28. The molecule has 80 valence electrons. The molecule has 0 saturated carbocycles. The van der Waals surface area contributed by atoms with E-state index in [1.165, 1.54) is 12.8 Å². The van der Waals surface area contributed by atoms with E-state index >= 15 is 0 Å². The van der Waals surface area contributed by atoms with Gasteiger partial charge in [-0.15, -0.1) is 0 Å². The molecule has 0 aromatic rings. The van der Waals surface area contributed by atoms with E-state index in [0.29, 0.717) is 5.41 Å². The molecule has 0 radical (unpaired) electrons. The second kappa shape index (κ2) is 5.02. The Morgan fingerprint density at radius 2 is 1.46 bits per heavy atom. The Morgan fingerprint density at radius 1 is 1.00 bits per heavy atom. The zero-order valence-electron chi connectivity index (χ0n) is 10.6. The minimum Gasteiger partial charge on any atom is -0.0651 e. The molecule has 0 rings (SSSR count). The normalized spacial score (nSPS) is 17.5. The smallest absolute Gasteiger partial charge is 0.0324 e.